The molecule has 530 valence electrons. The highest BCUT2D eigenvalue weighted by Gasteiger charge is 2.44. The average Bonchev–Trinajstić information content (AvgIpc) is 1.71. The van der Waals surface area contributed by atoms with E-state index in [1.165, 1.54) is 46.8 Å². The first kappa shape index (κ1) is 78.0. The highest BCUT2D eigenvalue weighted by molar-refractivity contribution is 7.85. The van der Waals surface area contributed by atoms with Crippen molar-refractivity contribution < 1.29 is 65.2 Å². The van der Waals surface area contributed by atoms with E-state index in [1.807, 2.05) is 26.0 Å². The number of carbonyl (C=O) groups is 4. The summed E-state index contributed by atoms with van der Waals surface area (Å²) in [7, 11) is -2.84. The van der Waals surface area contributed by atoms with E-state index in [-0.39, 0.29) is 53.0 Å². The fourth-order valence-electron chi connectivity index (χ4n) is 11.6. The van der Waals surface area contributed by atoms with Crippen LogP contribution in [-0.2, 0) is 44.7 Å². The molecule has 0 unspecified atom stereocenters. The number of hydrogen-bond acceptors (Lipinski definition) is 15. The van der Waals surface area contributed by atoms with Crippen molar-refractivity contribution in [1.29, 1.82) is 0 Å². The van der Waals surface area contributed by atoms with E-state index in [2.05, 4.69) is 116 Å². The molecule has 101 heavy (non-hydrogen) atoms. The van der Waals surface area contributed by atoms with Crippen LogP contribution in [0.4, 0.5) is 11.4 Å². The molecule has 0 saturated heterocycles. The Kier molecular flexibility index (Phi) is 27.5. The van der Waals surface area contributed by atoms with E-state index in [1.54, 1.807) is 106 Å². The lowest BCUT2D eigenvalue weighted by Crippen LogP contribution is -2.35. The summed E-state index contributed by atoms with van der Waals surface area (Å²) in [5.41, 5.74) is 11.7. The molecule has 5 aromatic rings. The molecule has 4 N–H and O–H groups in total. The summed E-state index contributed by atoms with van der Waals surface area (Å²) in [6, 6.07) is 34.7. The minimum absolute atomic E-state index is 0.00912. The standard InChI is InChI=1S/C47H57N3O7S.C25H18O5.C8H14N2O2S/c1-8-35-20-22-36(23-21-35)45(52)57-31-30-56-29-27-48-44(51)18-14-11-15-28-50-41-25-19-34(3)32-38(41)46(4,5)43(50)17-13-10-12-16-42-47(6,7)39-33-37(58(53,54)55)24-26-40(39)49(42)9-2;1-14(2)15(3)29-17-9-11-22-21(13-17)24(18-6-4-5-7-19(18)25(27)28)20-10-8-16(26)12-23(20)30-22;1-6(2)7(11)12-5-4-10-8(13)9-3/h8,10,12-13,16-17,19-26,32-33H,1,9,11,14-15,18,27-31H2,2-7H3,(H-,48,51,53,54,55);4-13H,1,3H2,2H3,(H,27,28);1,4-5H2,2-3H3,(H2,9,10,13). The molecule has 0 bridgehead atoms. The predicted molar refractivity (Wildman–Crippen MR) is 401 cm³/mol. The van der Waals surface area contributed by atoms with Gasteiger partial charge in [-0.1, -0.05) is 106 Å². The number of carboxylic acids is 1. The number of rotatable bonds is 28. The number of esters is 2. The molecule has 1 aliphatic carbocycles. The Morgan fingerprint density at radius 3 is 2.19 bits per heavy atom. The van der Waals surface area contributed by atoms with Crippen LogP contribution in [0, 0.1) is 6.92 Å². The average molecular weight is 1410 g/mol. The summed E-state index contributed by atoms with van der Waals surface area (Å²) in [5.74, 6) is -0.519. The fraction of sp³-hybridized carbons (Fsp3) is 0.287. The van der Waals surface area contributed by atoms with E-state index in [4.69, 9.17) is 35.6 Å². The van der Waals surface area contributed by atoms with Gasteiger partial charge >= 0.3 is 17.9 Å². The monoisotopic (exact) mass is 1410 g/mol. The number of thiocarbonyl (C=S) groups is 1. The molecule has 3 aliphatic heterocycles. The maximum absolute atomic E-state index is 12.5. The predicted octanol–water partition coefficient (Wildman–Crippen LogP) is 14.2. The number of aryl methyl sites for hydroxylation is 1. The highest BCUT2D eigenvalue weighted by atomic mass is 32.2. The molecule has 9 rings (SSSR count). The van der Waals surface area contributed by atoms with Crippen molar-refractivity contribution in [3.63, 3.8) is 0 Å². The Morgan fingerprint density at radius 2 is 1.50 bits per heavy atom. The van der Waals surface area contributed by atoms with Gasteiger partial charge in [0.15, 0.2) is 16.3 Å². The van der Waals surface area contributed by atoms with Crippen molar-refractivity contribution in [2.24, 2.45) is 0 Å². The molecule has 0 fully saturated rings. The van der Waals surface area contributed by atoms with Crippen LogP contribution in [0.25, 0.3) is 39.5 Å². The highest BCUT2D eigenvalue weighted by Crippen LogP contribution is 2.49. The van der Waals surface area contributed by atoms with Crippen molar-refractivity contribution in [3.8, 4) is 28.2 Å². The molecule has 0 saturated carbocycles. The van der Waals surface area contributed by atoms with E-state index >= 15 is 0 Å². The fourth-order valence-corrected chi connectivity index (χ4v) is 12.2. The third-order valence-corrected chi connectivity index (χ3v) is 18.1. The second-order valence-corrected chi connectivity index (χ2v) is 26.9. The lowest BCUT2D eigenvalue weighted by atomic mass is 9.81. The molecule has 0 aromatic heterocycles. The summed E-state index contributed by atoms with van der Waals surface area (Å²) in [5, 5.41) is 19.4. The summed E-state index contributed by atoms with van der Waals surface area (Å²) in [6.07, 6.45) is 15.1. The van der Waals surface area contributed by atoms with Gasteiger partial charge in [0.1, 0.15) is 52.7 Å². The molecular weight excluding hydrogens is 1320 g/mol. The number of ether oxygens (including phenoxy) is 4. The molecule has 19 nitrogen and oxygen atoms in total. The normalized spacial score (nSPS) is 13.7. The zero-order valence-electron chi connectivity index (χ0n) is 58.8. The van der Waals surface area contributed by atoms with Crippen molar-refractivity contribution in [2.75, 3.05) is 64.6 Å². The van der Waals surface area contributed by atoms with Crippen LogP contribution in [0.15, 0.2) is 215 Å². The Balaban J connectivity index is 0.000000273. The van der Waals surface area contributed by atoms with Gasteiger partial charge in [-0.2, -0.15) is 4.58 Å². The Labute approximate surface area is 597 Å². The van der Waals surface area contributed by atoms with Gasteiger partial charge in [-0.15, -0.1) is 0 Å². The number of anilines is 1. The Hall–Kier alpha value is -10.3. The van der Waals surface area contributed by atoms with Crippen LogP contribution in [0.3, 0.4) is 0 Å². The SMILES string of the molecule is C=C(C)C(=C)Oc1ccc2oc3cc(=O)ccc-3c(-c3ccccc3C(=O)O)c2c1.C=C(C)C(=O)OCCNC(=S)NC.C=Cc1ccc(C(=O)OCCOCCNC(=O)CCCCC[N+]2=C(C=CC=CC=C3N(CC)c4ccc(S(=O)(=O)[O-])cc4C3(C)C)C(C)(C)c3cc(C)ccc32)cc1. The minimum Gasteiger partial charge on any atom is -0.744 e. The van der Waals surface area contributed by atoms with Gasteiger partial charge in [-0.05, 0) is 168 Å². The van der Waals surface area contributed by atoms with Gasteiger partial charge in [-0.25, -0.2) is 22.8 Å². The van der Waals surface area contributed by atoms with Crippen molar-refractivity contribution >= 4 is 85.4 Å². The number of nitrogens with zero attached hydrogens (tertiary/aromatic N) is 2. The van der Waals surface area contributed by atoms with Gasteiger partial charge < -0.3 is 53.9 Å². The first-order valence-electron chi connectivity index (χ1n) is 33.1. The maximum Gasteiger partial charge on any atom is 0.338 e. The summed E-state index contributed by atoms with van der Waals surface area (Å²) < 4.78 is 65.0. The number of carboxylic acid groups (broad SMARTS) is 1. The zero-order chi connectivity index (χ0) is 73.8. The summed E-state index contributed by atoms with van der Waals surface area (Å²) in [4.78, 5) is 61.2. The number of nitrogens with one attached hydrogen (secondary N) is 3. The number of benzene rings is 6. The molecule has 21 heteroatoms. The number of amides is 1. The third kappa shape index (κ3) is 20.4. The van der Waals surface area contributed by atoms with Crippen LogP contribution in [0.1, 0.15) is 117 Å². The van der Waals surface area contributed by atoms with Crippen molar-refractivity contribution in [2.45, 2.75) is 96.8 Å². The molecule has 3 heterocycles. The number of carbonyl (C=O) groups excluding carboxylic acids is 3. The Bertz CT molecular complexity index is 4560. The second-order valence-electron chi connectivity index (χ2n) is 25.1. The van der Waals surface area contributed by atoms with Crippen LogP contribution >= 0.6 is 12.2 Å². The van der Waals surface area contributed by atoms with E-state index in [0.717, 1.165) is 48.3 Å². The van der Waals surface area contributed by atoms with Crippen LogP contribution in [-0.4, -0.2) is 117 Å². The van der Waals surface area contributed by atoms with Gasteiger partial charge in [0.05, 0.1) is 41.2 Å². The van der Waals surface area contributed by atoms with Crippen LogP contribution < -0.4 is 31.0 Å². The number of fused-ring (bicyclic) bond motifs is 4. The lowest BCUT2D eigenvalue weighted by Gasteiger charge is -2.25. The number of hydrogen-bond donors (Lipinski definition) is 4. The number of allylic oxidation sites excluding steroid dienone is 7. The summed E-state index contributed by atoms with van der Waals surface area (Å²) >= 11 is 4.81. The number of unbranched alkanes of at least 4 members (excludes halogenated alkanes) is 2. The molecule has 1 amide bonds. The van der Waals surface area contributed by atoms with Crippen molar-refractivity contribution in [3.05, 3.63) is 244 Å². The van der Waals surface area contributed by atoms with Gasteiger partial charge in [0, 0.05) is 95.6 Å². The summed E-state index contributed by atoms with van der Waals surface area (Å²) in [6.45, 7) is 34.4. The van der Waals surface area contributed by atoms with Gasteiger partial charge in [0.2, 0.25) is 11.6 Å². The molecule has 0 spiro atoms. The molecule has 5 aromatic carbocycles. The zero-order valence-corrected chi connectivity index (χ0v) is 60.4. The third-order valence-electron chi connectivity index (χ3n) is 16.9. The Morgan fingerprint density at radius 1 is 0.772 bits per heavy atom. The van der Waals surface area contributed by atoms with Crippen molar-refractivity contribution in [1.82, 2.24) is 16.0 Å². The number of likely N-dealkylation sites (N-methyl/N-ethyl adjacent to an activating group) is 1. The smallest absolute Gasteiger partial charge is 0.338 e. The van der Waals surface area contributed by atoms with Crippen LogP contribution in [0.2, 0.25) is 0 Å². The van der Waals surface area contributed by atoms with E-state index < -0.39 is 27.5 Å². The van der Waals surface area contributed by atoms with E-state index in [9.17, 15) is 42.0 Å². The van der Waals surface area contributed by atoms with Crippen LogP contribution in [0.5, 0.6) is 5.75 Å². The lowest BCUT2D eigenvalue weighted by molar-refractivity contribution is -0.438. The second kappa shape index (κ2) is 35.6. The van der Waals surface area contributed by atoms with Gasteiger partial charge in [0.25, 0.3) is 0 Å². The maximum atomic E-state index is 12.5. The molecule has 0 radical (unpaired) electrons. The molecule has 4 aliphatic rings. The topological polar surface area (TPSA) is 255 Å². The largest absolute Gasteiger partial charge is 0.744 e. The minimum atomic E-state index is -4.56. The quantitative estimate of drug-likeness (QED) is 0.00409. The number of aromatic carboxylic acids is 1. The van der Waals surface area contributed by atoms with Gasteiger partial charge in [-0.3, -0.25) is 9.59 Å². The first-order chi connectivity index (χ1) is 48.0. The first-order valence-corrected chi connectivity index (χ1v) is 34.9. The van der Waals surface area contributed by atoms with E-state index in [0.29, 0.717) is 99.4 Å². The molecular formula is C80H89N5O14S2. The molecule has 0 atom stereocenters.